The van der Waals surface area contributed by atoms with Gasteiger partial charge in [0.2, 0.25) is 5.88 Å². The second-order valence-electron chi connectivity index (χ2n) is 6.09. The summed E-state index contributed by atoms with van der Waals surface area (Å²) < 4.78 is 5.54. The van der Waals surface area contributed by atoms with Crippen molar-refractivity contribution in [3.8, 4) is 5.88 Å². The number of nitrogens with zero attached hydrogens (tertiary/aromatic N) is 2. The molecule has 140 valence electrons. The van der Waals surface area contributed by atoms with Gasteiger partial charge in [-0.05, 0) is 32.4 Å². The molecule has 0 bridgehead atoms. The van der Waals surface area contributed by atoms with Crippen molar-refractivity contribution in [2.45, 2.75) is 32.9 Å². The van der Waals surface area contributed by atoms with E-state index in [4.69, 9.17) is 4.74 Å². The van der Waals surface area contributed by atoms with Gasteiger partial charge in [-0.1, -0.05) is 36.4 Å². The molecule has 1 aromatic heterocycles. The lowest BCUT2D eigenvalue weighted by atomic mass is 9.96. The zero-order chi connectivity index (χ0) is 18.8. The number of aliphatic imine (C=N–C) groups is 1. The Labute approximate surface area is 155 Å². The molecule has 1 unspecified atom stereocenters. The van der Waals surface area contributed by atoms with Crippen molar-refractivity contribution in [1.29, 1.82) is 0 Å². The van der Waals surface area contributed by atoms with Crippen LogP contribution in [0.25, 0.3) is 0 Å². The van der Waals surface area contributed by atoms with E-state index in [1.807, 2.05) is 56.3 Å². The van der Waals surface area contributed by atoms with Crippen molar-refractivity contribution < 1.29 is 9.84 Å². The number of hydrogen-bond acceptors (Lipinski definition) is 4. The van der Waals surface area contributed by atoms with Crippen LogP contribution < -0.4 is 15.4 Å². The molecule has 1 aromatic carbocycles. The van der Waals surface area contributed by atoms with E-state index in [0.29, 0.717) is 31.5 Å². The van der Waals surface area contributed by atoms with Gasteiger partial charge < -0.3 is 20.5 Å². The number of ether oxygens (including phenoxy) is 1. The Bertz CT molecular complexity index is 702. The fraction of sp³-hybridized carbons (Fsp3) is 0.400. The highest BCUT2D eigenvalue weighted by molar-refractivity contribution is 5.79. The van der Waals surface area contributed by atoms with Crippen LogP contribution >= 0.6 is 0 Å². The molecule has 0 amide bonds. The van der Waals surface area contributed by atoms with Gasteiger partial charge in [-0.3, -0.25) is 0 Å². The van der Waals surface area contributed by atoms with Gasteiger partial charge in [0.1, 0.15) is 5.60 Å². The topological polar surface area (TPSA) is 78.8 Å². The first kappa shape index (κ1) is 19.7. The van der Waals surface area contributed by atoms with E-state index in [1.165, 1.54) is 0 Å². The quantitative estimate of drug-likeness (QED) is 0.500. The van der Waals surface area contributed by atoms with Crippen LogP contribution in [0.5, 0.6) is 5.88 Å². The fourth-order valence-electron chi connectivity index (χ4n) is 2.47. The first-order valence-corrected chi connectivity index (χ1v) is 8.93. The molecule has 6 nitrogen and oxygen atoms in total. The predicted molar refractivity (Wildman–Crippen MR) is 104 cm³/mol. The van der Waals surface area contributed by atoms with Crippen LogP contribution in [0.4, 0.5) is 0 Å². The maximum Gasteiger partial charge on any atom is 0.218 e. The Morgan fingerprint density at radius 3 is 2.62 bits per heavy atom. The monoisotopic (exact) mass is 356 g/mol. The first-order valence-electron chi connectivity index (χ1n) is 8.93. The van der Waals surface area contributed by atoms with Gasteiger partial charge in [-0.25, -0.2) is 9.98 Å². The minimum absolute atomic E-state index is 0.341. The van der Waals surface area contributed by atoms with Gasteiger partial charge in [0.15, 0.2) is 5.96 Å². The maximum atomic E-state index is 10.7. The Hall–Kier alpha value is -2.60. The molecule has 2 rings (SSSR count). The Morgan fingerprint density at radius 2 is 1.92 bits per heavy atom. The number of aliphatic hydroxyl groups is 1. The summed E-state index contributed by atoms with van der Waals surface area (Å²) in [7, 11) is 0. The number of benzene rings is 1. The normalized spacial score (nSPS) is 13.8. The Kier molecular flexibility index (Phi) is 7.41. The highest BCUT2D eigenvalue weighted by Crippen LogP contribution is 2.19. The molecule has 1 atom stereocenters. The van der Waals surface area contributed by atoms with Crippen LogP contribution in [0.3, 0.4) is 0 Å². The molecule has 0 aliphatic carbocycles. The SMILES string of the molecule is CCNC(=NCc1cccnc1OCC)NCC(C)(O)c1ccccc1. The van der Waals surface area contributed by atoms with Gasteiger partial charge in [0.05, 0.1) is 19.7 Å². The highest BCUT2D eigenvalue weighted by atomic mass is 16.5. The van der Waals surface area contributed by atoms with Crippen molar-refractivity contribution in [3.63, 3.8) is 0 Å². The Balaban J connectivity index is 2.05. The van der Waals surface area contributed by atoms with Crippen LogP contribution in [0, 0.1) is 0 Å². The summed E-state index contributed by atoms with van der Waals surface area (Å²) in [5.74, 6) is 1.24. The average Bonchev–Trinajstić information content (AvgIpc) is 2.66. The van der Waals surface area contributed by atoms with Crippen LogP contribution in [0.2, 0.25) is 0 Å². The summed E-state index contributed by atoms with van der Waals surface area (Å²) in [5.41, 5.74) is 0.776. The van der Waals surface area contributed by atoms with Gasteiger partial charge in [0, 0.05) is 18.3 Å². The van der Waals surface area contributed by atoms with Gasteiger partial charge in [0.25, 0.3) is 0 Å². The lowest BCUT2D eigenvalue weighted by Gasteiger charge is -2.25. The molecule has 0 radical (unpaired) electrons. The second kappa shape index (κ2) is 9.77. The van der Waals surface area contributed by atoms with Crippen molar-refractivity contribution >= 4 is 5.96 Å². The van der Waals surface area contributed by atoms with Crippen molar-refractivity contribution in [2.24, 2.45) is 4.99 Å². The number of rotatable bonds is 8. The fourth-order valence-corrected chi connectivity index (χ4v) is 2.47. The molecule has 0 saturated carbocycles. The lowest BCUT2D eigenvalue weighted by Crippen LogP contribution is -2.44. The average molecular weight is 356 g/mol. The van der Waals surface area contributed by atoms with E-state index in [1.54, 1.807) is 13.1 Å². The van der Waals surface area contributed by atoms with E-state index in [2.05, 4.69) is 20.6 Å². The molecule has 3 N–H and O–H groups in total. The van der Waals surface area contributed by atoms with Crippen molar-refractivity contribution in [2.75, 3.05) is 19.7 Å². The lowest BCUT2D eigenvalue weighted by molar-refractivity contribution is 0.0617. The van der Waals surface area contributed by atoms with Crippen molar-refractivity contribution in [1.82, 2.24) is 15.6 Å². The van der Waals surface area contributed by atoms with Gasteiger partial charge in [-0.15, -0.1) is 0 Å². The zero-order valence-corrected chi connectivity index (χ0v) is 15.7. The third-order valence-corrected chi connectivity index (χ3v) is 3.88. The van der Waals surface area contributed by atoms with E-state index in [-0.39, 0.29) is 0 Å². The second-order valence-corrected chi connectivity index (χ2v) is 6.09. The van der Waals surface area contributed by atoms with E-state index >= 15 is 0 Å². The number of pyridine rings is 1. The molecular weight excluding hydrogens is 328 g/mol. The predicted octanol–water partition coefficient (Wildman–Crippen LogP) is 2.44. The number of guanidine groups is 1. The standard InChI is InChI=1S/C20H28N4O2/c1-4-21-19(23-14-16-10-9-13-22-18(16)26-5-2)24-15-20(3,25)17-11-7-6-8-12-17/h6-13,25H,4-5,14-15H2,1-3H3,(H2,21,23,24). The Morgan fingerprint density at radius 1 is 1.15 bits per heavy atom. The summed E-state index contributed by atoms with van der Waals surface area (Å²) >= 11 is 0. The zero-order valence-electron chi connectivity index (χ0n) is 15.7. The maximum absolute atomic E-state index is 10.7. The highest BCUT2D eigenvalue weighted by Gasteiger charge is 2.22. The summed E-state index contributed by atoms with van der Waals surface area (Å²) in [6, 6.07) is 13.4. The molecule has 0 spiro atoms. The van der Waals surface area contributed by atoms with Crippen LogP contribution in [-0.4, -0.2) is 35.7 Å². The first-order chi connectivity index (χ1) is 12.6. The molecule has 26 heavy (non-hydrogen) atoms. The van der Waals surface area contributed by atoms with Crippen LogP contribution in [0.1, 0.15) is 31.9 Å². The van der Waals surface area contributed by atoms with Crippen LogP contribution in [0.15, 0.2) is 53.7 Å². The van der Waals surface area contributed by atoms with Gasteiger partial charge in [-0.2, -0.15) is 0 Å². The summed E-state index contributed by atoms with van der Waals surface area (Å²) in [4.78, 5) is 8.83. The van der Waals surface area contributed by atoms with E-state index in [0.717, 1.165) is 17.7 Å². The molecule has 1 heterocycles. The van der Waals surface area contributed by atoms with Gasteiger partial charge >= 0.3 is 0 Å². The van der Waals surface area contributed by atoms with E-state index < -0.39 is 5.60 Å². The van der Waals surface area contributed by atoms with E-state index in [9.17, 15) is 5.11 Å². The largest absolute Gasteiger partial charge is 0.478 e. The summed E-state index contributed by atoms with van der Waals surface area (Å²) in [6.07, 6.45) is 1.71. The molecule has 0 fully saturated rings. The third-order valence-electron chi connectivity index (χ3n) is 3.88. The molecule has 0 saturated heterocycles. The third kappa shape index (κ3) is 5.74. The minimum atomic E-state index is -0.998. The van der Waals surface area contributed by atoms with Crippen LogP contribution in [-0.2, 0) is 12.1 Å². The smallest absolute Gasteiger partial charge is 0.218 e. The molecule has 2 aromatic rings. The summed E-state index contributed by atoms with van der Waals surface area (Å²) in [5, 5.41) is 17.1. The molecular formula is C20H28N4O2. The number of hydrogen-bond donors (Lipinski definition) is 3. The summed E-state index contributed by atoms with van der Waals surface area (Å²) in [6.45, 7) is 7.78. The molecule has 0 aliphatic rings. The number of aromatic nitrogens is 1. The number of nitrogens with one attached hydrogen (secondary N) is 2. The minimum Gasteiger partial charge on any atom is -0.478 e. The molecule has 0 aliphatic heterocycles. The molecule has 6 heteroatoms. The van der Waals surface area contributed by atoms with Crippen molar-refractivity contribution in [3.05, 3.63) is 59.8 Å².